The van der Waals surface area contributed by atoms with Crippen molar-refractivity contribution < 1.29 is 18.9 Å². The van der Waals surface area contributed by atoms with Crippen LogP contribution in [-0.2, 0) is 71.6 Å². The third kappa shape index (κ3) is 16.8. The number of nitrogens with one attached hydrogen (secondary N) is 4. The molecule has 0 atom stereocenters. The van der Waals surface area contributed by atoms with E-state index in [1.54, 1.807) is 24.3 Å². The number of aromatic amines is 4. The van der Waals surface area contributed by atoms with Crippen molar-refractivity contribution in [1.82, 2.24) is 59.0 Å². The Bertz CT molecular complexity index is 4770. The first-order chi connectivity index (χ1) is 51.7. The van der Waals surface area contributed by atoms with Crippen LogP contribution in [0.5, 0.6) is 0 Å². The Morgan fingerprint density at radius 2 is 0.619 bits per heavy atom. The van der Waals surface area contributed by atoms with Gasteiger partial charge in [0, 0.05) is 115 Å². The second-order valence-electron chi connectivity index (χ2n) is 27.4. The molecule has 16 bridgehead atoms. The summed E-state index contributed by atoms with van der Waals surface area (Å²) in [7, 11) is 4.06. The van der Waals surface area contributed by atoms with Gasteiger partial charge in [-0.25, -0.2) is 29.9 Å². The van der Waals surface area contributed by atoms with E-state index in [2.05, 4.69) is 166 Å². The lowest BCUT2D eigenvalue weighted by molar-refractivity contribution is 0.166. The highest BCUT2D eigenvalue weighted by Crippen LogP contribution is 2.49. The van der Waals surface area contributed by atoms with Gasteiger partial charge in [-0.05, 0) is 160 Å². The van der Waals surface area contributed by atoms with E-state index in [4.69, 9.17) is 48.9 Å². The van der Waals surface area contributed by atoms with Crippen LogP contribution in [0.2, 0.25) is 0 Å². The average Bonchev–Trinajstić information content (AvgIpc) is 1.57. The van der Waals surface area contributed by atoms with Gasteiger partial charge in [-0.2, -0.15) is 0 Å². The molecule has 542 valence electrons. The van der Waals surface area contributed by atoms with Crippen molar-refractivity contribution in [3.8, 4) is 43.7 Å². The van der Waals surface area contributed by atoms with Gasteiger partial charge in [-0.3, -0.25) is 0 Å². The third-order valence-corrected chi connectivity index (χ3v) is 21.4. The van der Waals surface area contributed by atoms with E-state index in [1.807, 2.05) is 50.2 Å². The van der Waals surface area contributed by atoms with E-state index in [-0.39, 0.29) is 0 Å². The molecule has 105 heavy (non-hydrogen) atoms. The number of thiophene rings is 1. The molecule has 0 unspecified atom stereocenters. The van der Waals surface area contributed by atoms with Gasteiger partial charge in [0.15, 0.2) is 0 Å². The van der Waals surface area contributed by atoms with Gasteiger partial charge in [-0.1, -0.05) is 102 Å². The fraction of sp³-hybridized carbons (Fsp3) is 0.341. The quantitative estimate of drug-likeness (QED) is 0.0214. The summed E-state index contributed by atoms with van der Waals surface area (Å²) in [5.74, 6) is 1.59. The molecule has 13 heterocycles. The van der Waals surface area contributed by atoms with E-state index < -0.39 is 0 Å². The van der Waals surface area contributed by atoms with Crippen molar-refractivity contribution in [3.05, 3.63) is 203 Å². The minimum atomic E-state index is 0.437. The number of H-pyrrole nitrogens is 4. The van der Waals surface area contributed by atoms with Crippen LogP contribution in [0.25, 0.3) is 136 Å². The standard InChI is InChI=1S/C88H100N12O4S/c1-9-15-17-19-21-23-25-59-60(26-24-22-20-18-16-10-2)86(82-75-37-29-67(93-75)63(45-57-103-53-13-5)71-33-41-79(97-71)84(88-90-48-50-100(88)8)80-42-34-72(98-80)64(46-58-104-54-14-6)68-30-38-76(82)94-68)105-85(59)81-73-35-27-65(91-73)61(43-55-101-51-11-3)69-31-39-77(95-69)83(87-89-47-49-99(87)7)78-40-32-70(96-78)62(44-56-102-52-12-4)66-28-36-74(81)92-66/h11-14,27-42,47-50,91,93,96,98H,3-6,9-10,15-26,43-46,51-58H2,1-2,7-8H3. The first kappa shape index (κ1) is 73.4. The fourth-order valence-corrected chi connectivity index (χ4v) is 16.4. The zero-order valence-electron chi connectivity index (χ0n) is 61.7. The highest BCUT2D eigenvalue weighted by Gasteiger charge is 2.29. The summed E-state index contributed by atoms with van der Waals surface area (Å²) in [5, 5.41) is 0. The Morgan fingerprint density at radius 1 is 0.343 bits per heavy atom. The predicted molar refractivity (Wildman–Crippen MR) is 437 cm³/mol. The number of hydrogen-bond donors (Lipinski definition) is 4. The average molecular weight is 1420 g/mol. The number of hydrogen-bond acceptors (Lipinski definition) is 11. The summed E-state index contributed by atoms with van der Waals surface area (Å²) >= 11 is 1.89. The zero-order valence-corrected chi connectivity index (χ0v) is 62.5. The van der Waals surface area contributed by atoms with Crippen LogP contribution in [-0.4, -0.2) is 112 Å². The first-order valence-corrected chi connectivity index (χ1v) is 38.6. The predicted octanol–water partition coefficient (Wildman–Crippen LogP) is 20.6. The SMILES string of the molecule is C=CCOCCc1c2nc(c(-c3nccn3C)c3ccc([nH]3)c(CCOCC=C)c3nc(c(-c4sc(-c5c6nc(c(CCOCC=C)c7ccc([nH]7)c(-c7nccn7C)c7nc(c(CCOCC=C)c8ccc5[nH]8)C=C7)C=C6)c(CCCCCCCC)c4CCCCCCCC)c4ccc1[nH]4)C=C3)C=C2. The molecular weight excluding hydrogens is 1320 g/mol. The summed E-state index contributed by atoms with van der Waals surface area (Å²) in [6, 6.07) is 17.6. The van der Waals surface area contributed by atoms with Crippen molar-refractivity contribution in [2.24, 2.45) is 14.1 Å². The van der Waals surface area contributed by atoms with E-state index in [1.165, 1.54) is 72.2 Å². The summed E-state index contributed by atoms with van der Waals surface area (Å²) in [6.07, 6.45) is 50.4. The van der Waals surface area contributed by atoms with E-state index >= 15 is 0 Å². The summed E-state index contributed by atoms with van der Waals surface area (Å²) < 4.78 is 29.0. The number of ether oxygens (including phenoxy) is 4. The normalized spacial score (nSPS) is 12.4. The van der Waals surface area contributed by atoms with Gasteiger partial charge in [0.05, 0.1) is 121 Å². The molecule has 17 heteroatoms. The van der Waals surface area contributed by atoms with Crippen molar-refractivity contribution in [2.45, 2.75) is 129 Å². The molecule has 0 radical (unpaired) electrons. The Kier molecular flexibility index (Phi) is 25.0. The molecule has 4 aliphatic rings. The highest BCUT2D eigenvalue weighted by atomic mass is 32.1. The number of nitrogens with zero attached hydrogens (tertiary/aromatic N) is 8. The zero-order chi connectivity index (χ0) is 72.4. The van der Waals surface area contributed by atoms with Crippen LogP contribution in [0.15, 0.2) is 124 Å². The van der Waals surface area contributed by atoms with Crippen LogP contribution < -0.4 is 0 Å². The number of imidazole rings is 2. The second kappa shape index (κ2) is 35.7. The second-order valence-corrected chi connectivity index (χ2v) is 28.4. The van der Waals surface area contributed by atoms with Crippen molar-refractivity contribution in [1.29, 1.82) is 0 Å². The monoisotopic (exact) mass is 1420 g/mol. The van der Waals surface area contributed by atoms with Crippen LogP contribution in [0, 0.1) is 0 Å². The van der Waals surface area contributed by atoms with Crippen LogP contribution in [0.4, 0.5) is 0 Å². The summed E-state index contributed by atoms with van der Waals surface area (Å²) in [6.45, 7) is 24.1. The smallest absolute Gasteiger partial charge is 0.143 e. The molecule has 0 fully saturated rings. The maximum atomic E-state index is 6.23. The van der Waals surface area contributed by atoms with Crippen molar-refractivity contribution in [2.75, 3.05) is 52.9 Å². The highest BCUT2D eigenvalue weighted by molar-refractivity contribution is 7.19. The molecule has 9 aromatic heterocycles. The fourth-order valence-electron chi connectivity index (χ4n) is 14.8. The number of unbranched alkanes of at least 4 members (excludes halogenated alkanes) is 10. The number of rotatable bonds is 38. The first-order valence-electron chi connectivity index (χ1n) is 37.8. The number of aromatic nitrogens is 12. The molecule has 0 spiro atoms. The lowest BCUT2D eigenvalue weighted by Crippen LogP contribution is -2.01. The Balaban J connectivity index is 1.14. The van der Waals surface area contributed by atoms with Crippen LogP contribution in [0.3, 0.4) is 0 Å². The van der Waals surface area contributed by atoms with Gasteiger partial charge in [0.1, 0.15) is 11.6 Å². The number of fused-ring (bicyclic) bond motifs is 16. The number of aryl methyl sites for hydroxylation is 2. The molecule has 0 amide bonds. The largest absolute Gasteiger partial charge is 0.377 e. The van der Waals surface area contributed by atoms with Gasteiger partial charge in [0.25, 0.3) is 0 Å². The lowest BCUT2D eigenvalue weighted by atomic mass is 9.92. The minimum Gasteiger partial charge on any atom is -0.377 e. The summed E-state index contributed by atoms with van der Waals surface area (Å²) in [5.41, 5.74) is 25.1. The van der Waals surface area contributed by atoms with Crippen molar-refractivity contribution in [3.63, 3.8) is 0 Å². The van der Waals surface area contributed by atoms with Crippen LogP contribution >= 0.6 is 11.3 Å². The molecule has 0 saturated carbocycles. The maximum Gasteiger partial charge on any atom is 0.143 e. The van der Waals surface area contributed by atoms with E-state index in [9.17, 15) is 0 Å². The molecule has 9 aromatic rings. The summed E-state index contributed by atoms with van der Waals surface area (Å²) in [4.78, 5) is 51.1. The molecule has 0 aliphatic carbocycles. The van der Waals surface area contributed by atoms with E-state index in [0.717, 1.165) is 184 Å². The Labute approximate surface area is 621 Å². The minimum absolute atomic E-state index is 0.437. The maximum absolute atomic E-state index is 6.23. The molecule has 0 saturated heterocycles. The molecule has 16 nitrogen and oxygen atoms in total. The molecule has 4 aliphatic heterocycles. The van der Waals surface area contributed by atoms with E-state index in [0.29, 0.717) is 78.5 Å². The third-order valence-electron chi connectivity index (χ3n) is 20.1. The van der Waals surface area contributed by atoms with Gasteiger partial charge < -0.3 is 48.0 Å². The molecular formula is C88H100N12O4S. The molecule has 4 N–H and O–H groups in total. The van der Waals surface area contributed by atoms with Gasteiger partial charge in [0.2, 0.25) is 0 Å². The lowest BCUT2D eigenvalue weighted by Gasteiger charge is -2.12. The topological polar surface area (TPSA) is 187 Å². The molecule has 0 aromatic carbocycles. The van der Waals surface area contributed by atoms with Gasteiger partial charge >= 0.3 is 0 Å². The molecule has 13 rings (SSSR count). The Morgan fingerprint density at radius 3 is 0.914 bits per heavy atom. The van der Waals surface area contributed by atoms with Crippen LogP contribution in [0.1, 0.15) is 170 Å². The Hall–Kier alpha value is -9.88. The van der Waals surface area contributed by atoms with Gasteiger partial charge in [-0.15, -0.1) is 37.7 Å². The van der Waals surface area contributed by atoms with Crippen molar-refractivity contribution >= 4 is 104 Å².